The van der Waals surface area contributed by atoms with E-state index >= 15 is 0 Å². The second-order valence-electron chi connectivity index (χ2n) is 6.60. The van der Waals surface area contributed by atoms with Gasteiger partial charge >= 0.3 is 0 Å². The summed E-state index contributed by atoms with van der Waals surface area (Å²) in [4.78, 5) is 30.1. The van der Waals surface area contributed by atoms with Crippen LogP contribution in [0.25, 0.3) is 0 Å². The Morgan fingerprint density at radius 3 is 2.81 bits per heavy atom. The summed E-state index contributed by atoms with van der Waals surface area (Å²) in [5.74, 6) is 0.602. The number of likely N-dealkylation sites (tertiary alicyclic amines) is 1. The Morgan fingerprint density at radius 2 is 2.11 bits per heavy atom. The molecular formula is C19H28ClN5O2. The third kappa shape index (κ3) is 6.75. The minimum absolute atomic E-state index is 0.208. The van der Waals surface area contributed by atoms with E-state index in [9.17, 15) is 9.59 Å². The number of nitrogens with one attached hydrogen (secondary N) is 2. The molecule has 0 bridgehead atoms. The summed E-state index contributed by atoms with van der Waals surface area (Å²) in [7, 11) is 0. The SMILES string of the molecule is CCNC(=NCCNC(=O)c1ccccc1Cl)N1CCCC(CC(N)=O)C1. The van der Waals surface area contributed by atoms with Gasteiger partial charge in [0.2, 0.25) is 5.91 Å². The summed E-state index contributed by atoms with van der Waals surface area (Å²) in [5.41, 5.74) is 5.79. The van der Waals surface area contributed by atoms with Gasteiger partial charge in [0.1, 0.15) is 0 Å². The fourth-order valence-electron chi connectivity index (χ4n) is 3.21. The lowest BCUT2D eigenvalue weighted by Gasteiger charge is -2.34. The molecule has 1 heterocycles. The zero-order valence-corrected chi connectivity index (χ0v) is 16.5. The first-order valence-corrected chi connectivity index (χ1v) is 9.73. The van der Waals surface area contributed by atoms with Gasteiger partial charge in [-0.1, -0.05) is 23.7 Å². The molecule has 1 aliphatic rings. The van der Waals surface area contributed by atoms with E-state index in [2.05, 4.69) is 20.5 Å². The lowest BCUT2D eigenvalue weighted by molar-refractivity contribution is -0.119. The second kappa shape index (κ2) is 10.8. The number of carbonyl (C=O) groups is 2. The highest BCUT2D eigenvalue weighted by Crippen LogP contribution is 2.19. The van der Waals surface area contributed by atoms with Crippen LogP contribution in [0.3, 0.4) is 0 Å². The molecule has 148 valence electrons. The zero-order valence-electron chi connectivity index (χ0n) is 15.7. The van der Waals surface area contributed by atoms with Crippen molar-refractivity contribution < 1.29 is 9.59 Å². The number of hydrogen-bond donors (Lipinski definition) is 3. The Labute approximate surface area is 165 Å². The van der Waals surface area contributed by atoms with Gasteiger partial charge in [-0.3, -0.25) is 14.6 Å². The van der Waals surface area contributed by atoms with Crippen molar-refractivity contribution in [3.63, 3.8) is 0 Å². The molecule has 1 aromatic carbocycles. The number of halogens is 1. The Bertz CT molecular complexity index is 680. The number of benzene rings is 1. The molecule has 27 heavy (non-hydrogen) atoms. The molecule has 0 aliphatic carbocycles. The third-order valence-electron chi connectivity index (χ3n) is 4.42. The molecule has 1 atom stereocenters. The fourth-order valence-corrected chi connectivity index (χ4v) is 3.43. The minimum Gasteiger partial charge on any atom is -0.370 e. The standard InChI is InChI=1S/C19H28ClN5O2/c1-2-22-19(25-11-5-6-14(13-25)12-17(21)26)24-10-9-23-18(27)15-7-3-4-8-16(15)20/h3-4,7-8,14H,2,5-6,9-13H2,1H3,(H2,21,26)(H,22,24)(H,23,27). The van der Waals surface area contributed by atoms with Crippen molar-refractivity contribution >= 4 is 29.4 Å². The second-order valence-corrected chi connectivity index (χ2v) is 7.00. The number of nitrogens with zero attached hydrogens (tertiary/aromatic N) is 2. The monoisotopic (exact) mass is 393 g/mol. The summed E-state index contributed by atoms with van der Waals surface area (Å²) >= 11 is 6.04. The Kier molecular flexibility index (Phi) is 8.39. The van der Waals surface area contributed by atoms with Gasteiger partial charge in [0.15, 0.2) is 5.96 Å². The maximum Gasteiger partial charge on any atom is 0.252 e. The molecule has 0 saturated carbocycles. The third-order valence-corrected chi connectivity index (χ3v) is 4.75. The van der Waals surface area contributed by atoms with Gasteiger partial charge in [0.05, 0.1) is 17.1 Å². The molecule has 7 nitrogen and oxygen atoms in total. The van der Waals surface area contributed by atoms with E-state index in [0.29, 0.717) is 30.1 Å². The van der Waals surface area contributed by atoms with Crippen LogP contribution in [0.5, 0.6) is 0 Å². The molecule has 2 amide bonds. The van der Waals surface area contributed by atoms with Crippen LogP contribution in [0, 0.1) is 5.92 Å². The maximum absolute atomic E-state index is 12.2. The first-order chi connectivity index (χ1) is 13.0. The lowest BCUT2D eigenvalue weighted by atomic mass is 9.95. The molecule has 0 spiro atoms. The number of guanidine groups is 1. The molecule has 1 fully saturated rings. The van der Waals surface area contributed by atoms with Gasteiger partial charge in [-0.15, -0.1) is 0 Å². The van der Waals surface area contributed by atoms with E-state index in [1.165, 1.54) is 0 Å². The molecule has 0 radical (unpaired) electrons. The van der Waals surface area contributed by atoms with Crippen molar-refractivity contribution in [2.45, 2.75) is 26.2 Å². The van der Waals surface area contributed by atoms with Crippen LogP contribution in [0.4, 0.5) is 0 Å². The number of aliphatic imine (C=N–C) groups is 1. The number of primary amides is 1. The van der Waals surface area contributed by atoms with E-state index in [4.69, 9.17) is 17.3 Å². The lowest BCUT2D eigenvalue weighted by Crippen LogP contribution is -2.47. The number of hydrogen-bond acceptors (Lipinski definition) is 3. The molecule has 1 unspecified atom stereocenters. The van der Waals surface area contributed by atoms with Crippen LogP contribution in [-0.4, -0.2) is 55.4 Å². The van der Waals surface area contributed by atoms with Gasteiger partial charge in [0, 0.05) is 32.6 Å². The van der Waals surface area contributed by atoms with Gasteiger partial charge in [-0.05, 0) is 37.8 Å². The van der Waals surface area contributed by atoms with E-state index in [1.807, 2.05) is 6.92 Å². The molecule has 1 aliphatic heterocycles. The van der Waals surface area contributed by atoms with Crippen molar-refractivity contribution in [3.8, 4) is 0 Å². The van der Waals surface area contributed by atoms with Gasteiger partial charge in [-0.2, -0.15) is 0 Å². The first-order valence-electron chi connectivity index (χ1n) is 9.35. The molecule has 8 heteroatoms. The molecular weight excluding hydrogens is 366 g/mol. The number of piperidine rings is 1. The Morgan fingerprint density at radius 1 is 1.33 bits per heavy atom. The largest absolute Gasteiger partial charge is 0.370 e. The number of rotatable bonds is 7. The van der Waals surface area contributed by atoms with Gasteiger partial charge in [0.25, 0.3) is 5.91 Å². The molecule has 0 aromatic heterocycles. The molecule has 1 saturated heterocycles. The van der Waals surface area contributed by atoms with Crippen LogP contribution in [-0.2, 0) is 4.79 Å². The summed E-state index contributed by atoms with van der Waals surface area (Å²) < 4.78 is 0. The smallest absolute Gasteiger partial charge is 0.252 e. The number of amides is 2. The molecule has 4 N–H and O–H groups in total. The highest BCUT2D eigenvalue weighted by atomic mass is 35.5. The van der Waals surface area contributed by atoms with Crippen LogP contribution in [0.2, 0.25) is 5.02 Å². The Balaban J connectivity index is 1.88. The summed E-state index contributed by atoms with van der Waals surface area (Å²) in [6.07, 6.45) is 2.42. The highest BCUT2D eigenvalue weighted by Gasteiger charge is 2.23. The minimum atomic E-state index is -0.258. The summed E-state index contributed by atoms with van der Waals surface area (Å²) in [6.45, 7) is 5.29. The molecule has 1 aromatic rings. The van der Waals surface area contributed by atoms with Crippen molar-refractivity contribution in [2.24, 2.45) is 16.6 Å². The summed E-state index contributed by atoms with van der Waals surface area (Å²) in [5, 5.41) is 6.55. The highest BCUT2D eigenvalue weighted by molar-refractivity contribution is 6.33. The fraction of sp³-hybridized carbons (Fsp3) is 0.526. The van der Waals surface area contributed by atoms with Crippen molar-refractivity contribution in [1.29, 1.82) is 0 Å². The van der Waals surface area contributed by atoms with E-state index in [0.717, 1.165) is 38.4 Å². The van der Waals surface area contributed by atoms with E-state index < -0.39 is 0 Å². The van der Waals surface area contributed by atoms with Crippen LogP contribution >= 0.6 is 11.6 Å². The normalized spacial score (nSPS) is 17.5. The summed E-state index contributed by atoms with van der Waals surface area (Å²) in [6, 6.07) is 6.95. The average Bonchev–Trinajstić information content (AvgIpc) is 2.64. The van der Waals surface area contributed by atoms with Crippen LogP contribution < -0.4 is 16.4 Å². The Hall–Kier alpha value is -2.28. The van der Waals surface area contributed by atoms with Crippen LogP contribution in [0.15, 0.2) is 29.3 Å². The quantitative estimate of drug-likeness (QED) is 0.372. The topological polar surface area (TPSA) is 99.8 Å². The predicted molar refractivity (Wildman–Crippen MR) is 108 cm³/mol. The van der Waals surface area contributed by atoms with E-state index in [-0.39, 0.29) is 17.7 Å². The predicted octanol–water partition coefficient (Wildman–Crippen LogP) is 1.62. The first kappa shape index (κ1) is 21.0. The van der Waals surface area contributed by atoms with Crippen molar-refractivity contribution in [2.75, 3.05) is 32.7 Å². The van der Waals surface area contributed by atoms with E-state index in [1.54, 1.807) is 24.3 Å². The average molecular weight is 394 g/mol. The molecule has 2 rings (SSSR count). The zero-order chi connectivity index (χ0) is 19.6. The van der Waals surface area contributed by atoms with Gasteiger partial charge in [-0.25, -0.2) is 0 Å². The van der Waals surface area contributed by atoms with Crippen LogP contribution in [0.1, 0.15) is 36.5 Å². The number of carbonyl (C=O) groups excluding carboxylic acids is 2. The maximum atomic E-state index is 12.2. The van der Waals surface area contributed by atoms with Crippen molar-refractivity contribution in [1.82, 2.24) is 15.5 Å². The van der Waals surface area contributed by atoms with Crippen molar-refractivity contribution in [3.05, 3.63) is 34.9 Å². The van der Waals surface area contributed by atoms with Gasteiger partial charge < -0.3 is 21.3 Å². The number of nitrogens with two attached hydrogens (primary N) is 1.